The van der Waals surface area contributed by atoms with Crippen molar-refractivity contribution in [3.8, 4) is 6.07 Å². The van der Waals surface area contributed by atoms with E-state index < -0.39 is 0 Å². The monoisotopic (exact) mass is 280 g/mol. The zero-order valence-electron chi connectivity index (χ0n) is 10.6. The minimum Gasteiger partial charge on any atom is -0.491 e. The van der Waals surface area contributed by atoms with Gasteiger partial charge < -0.3 is 10.1 Å². The highest BCUT2D eigenvalue weighted by Crippen LogP contribution is 2.23. The number of carbonyl (C=O) groups is 1. The zero-order valence-corrected chi connectivity index (χ0v) is 11.4. The normalized spacial score (nSPS) is 23.7. The van der Waals surface area contributed by atoms with Gasteiger partial charge in [-0.3, -0.25) is 4.79 Å². The van der Waals surface area contributed by atoms with Crippen LogP contribution in [0, 0.1) is 11.3 Å². The van der Waals surface area contributed by atoms with Crippen LogP contribution in [-0.2, 0) is 9.53 Å². The quantitative estimate of drug-likeness (QED) is 0.352. The molecule has 1 aliphatic rings. The molecule has 5 heteroatoms. The lowest BCUT2D eigenvalue weighted by Crippen LogP contribution is -2.34. The number of halogens is 1. The van der Waals surface area contributed by atoms with Gasteiger partial charge in [0.25, 0.3) is 0 Å². The van der Waals surface area contributed by atoms with Crippen molar-refractivity contribution in [2.24, 2.45) is 0 Å². The molecule has 1 saturated carbocycles. The molecule has 1 rings (SSSR count). The summed E-state index contributed by atoms with van der Waals surface area (Å²) in [5.74, 6) is 0.512. The first kappa shape index (κ1) is 15.3. The van der Waals surface area contributed by atoms with E-state index in [9.17, 15) is 4.79 Å². The molecular formula is C14H17ClN2O2. The van der Waals surface area contributed by atoms with E-state index in [2.05, 4.69) is 11.9 Å². The molecule has 19 heavy (non-hydrogen) atoms. The molecule has 0 bridgehead atoms. The Kier molecular flexibility index (Phi) is 6.76. The van der Waals surface area contributed by atoms with Crippen LogP contribution in [0.15, 0.2) is 35.6 Å². The molecule has 0 aromatic rings. The summed E-state index contributed by atoms with van der Waals surface area (Å²) in [7, 11) is 0. The summed E-state index contributed by atoms with van der Waals surface area (Å²) in [6.45, 7) is 3.78. The van der Waals surface area contributed by atoms with Crippen molar-refractivity contribution < 1.29 is 9.53 Å². The van der Waals surface area contributed by atoms with E-state index in [1.807, 2.05) is 6.07 Å². The summed E-state index contributed by atoms with van der Waals surface area (Å²) < 4.78 is 5.68. The highest BCUT2D eigenvalue weighted by molar-refractivity contribution is 6.26. The summed E-state index contributed by atoms with van der Waals surface area (Å²) in [5.41, 5.74) is 1.56. The van der Waals surface area contributed by atoms with Gasteiger partial charge in [-0.1, -0.05) is 18.2 Å². The molecule has 0 radical (unpaired) electrons. The van der Waals surface area contributed by atoms with Crippen molar-refractivity contribution in [3.63, 3.8) is 0 Å². The Bertz CT molecular complexity index is 416. The number of hydrogen-bond acceptors (Lipinski definition) is 3. The molecule has 1 N–H and O–H groups in total. The third-order valence-electron chi connectivity index (χ3n) is 2.99. The lowest BCUT2D eigenvalue weighted by Gasteiger charge is -2.28. The standard InChI is InChI=1S/C14H17ClN2O2/c1-11(2-3-12(8-15)9-16)19-14-6-4-13(5-7-14)17-10-18/h2-3,8,10,13-14H,1,4-7H2,(H,17,18)/b3-2-,12-8-. The Hall–Kier alpha value is -1.73. The maximum Gasteiger partial charge on any atom is 0.207 e. The molecule has 0 aliphatic heterocycles. The Morgan fingerprint density at radius 2 is 2.05 bits per heavy atom. The highest BCUT2D eigenvalue weighted by atomic mass is 35.5. The van der Waals surface area contributed by atoms with Gasteiger partial charge in [0.05, 0.1) is 11.7 Å². The van der Waals surface area contributed by atoms with E-state index in [1.165, 1.54) is 5.54 Å². The van der Waals surface area contributed by atoms with E-state index in [-0.39, 0.29) is 12.1 Å². The topological polar surface area (TPSA) is 62.1 Å². The minimum absolute atomic E-state index is 0.118. The second kappa shape index (κ2) is 8.39. The van der Waals surface area contributed by atoms with Crippen LogP contribution >= 0.6 is 11.6 Å². The Morgan fingerprint density at radius 1 is 1.37 bits per heavy atom. The van der Waals surface area contributed by atoms with E-state index in [0.29, 0.717) is 11.3 Å². The van der Waals surface area contributed by atoms with Crippen LogP contribution in [0.2, 0.25) is 0 Å². The molecule has 4 nitrogen and oxygen atoms in total. The summed E-state index contributed by atoms with van der Waals surface area (Å²) >= 11 is 5.45. The SMILES string of the molecule is C=C(/C=C\C(C#N)=C\Cl)OC1CCC(NC=O)CC1. The van der Waals surface area contributed by atoms with Crippen molar-refractivity contribution >= 4 is 18.0 Å². The van der Waals surface area contributed by atoms with Gasteiger partial charge in [-0.2, -0.15) is 5.26 Å². The zero-order chi connectivity index (χ0) is 14.1. The fraction of sp³-hybridized carbons (Fsp3) is 0.429. The van der Waals surface area contributed by atoms with Gasteiger partial charge in [0, 0.05) is 11.6 Å². The maximum atomic E-state index is 10.3. The van der Waals surface area contributed by atoms with E-state index >= 15 is 0 Å². The molecule has 1 amide bonds. The summed E-state index contributed by atoms with van der Waals surface area (Å²) in [6.07, 6.45) is 7.64. The van der Waals surface area contributed by atoms with Crippen molar-refractivity contribution in [2.45, 2.75) is 37.8 Å². The van der Waals surface area contributed by atoms with Crippen LogP contribution in [0.4, 0.5) is 0 Å². The van der Waals surface area contributed by atoms with Crippen molar-refractivity contribution in [1.82, 2.24) is 5.32 Å². The third kappa shape index (κ3) is 5.62. The molecule has 1 fully saturated rings. The first-order valence-corrected chi connectivity index (χ1v) is 6.57. The number of allylic oxidation sites excluding steroid dienone is 3. The lowest BCUT2D eigenvalue weighted by atomic mass is 9.93. The number of rotatable bonds is 6. The van der Waals surface area contributed by atoms with Gasteiger partial charge in [0.15, 0.2) is 0 Å². The fourth-order valence-corrected chi connectivity index (χ4v) is 2.10. The first-order chi connectivity index (χ1) is 9.19. The highest BCUT2D eigenvalue weighted by Gasteiger charge is 2.21. The van der Waals surface area contributed by atoms with Crippen LogP contribution in [0.3, 0.4) is 0 Å². The third-order valence-corrected chi connectivity index (χ3v) is 3.23. The average Bonchev–Trinajstić information content (AvgIpc) is 2.42. The molecule has 0 heterocycles. The number of amides is 1. The van der Waals surface area contributed by atoms with E-state index in [1.54, 1.807) is 12.2 Å². The molecule has 102 valence electrons. The number of carbonyl (C=O) groups excluding carboxylic acids is 1. The first-order valence-electron chi connectivity index (χ1n) is 6.13. The molecule has 0 atom stereocenters. The number of nitrogens with one attached hydrogen (secondary N) is 1. The lowest BCUT2D eigenvalue weighted by molar-refractivity contribution is -0.110. The van der Waals surface area contributed by atoms with Gasteiger partial charge in [0.2, 0.25) is 6.41 Å². The van der Waals surface area contributed by atoms with Crippen LogP contribution in [0.25, 0.3) is 0 Å². The summed E-state index contributed by atoms with van der Waals surface area (Å²) in [4.78, 5) is 10.3. The molecule has 0 aromatic heterocycles. The molecule has 0 saturated heterocycles. The summed E-state index contributed by atoms with van der Waals surface area (Å²) in [5, 5.41) is 11.5. The van der Waals surface area contributed by atoms with Crippen molar-refractivity contribution in [3.05, 3.63) is 35.6 Å². The van der Waals surface area contributed by atoms with Crippen LogP contribution < -0.4 is 5.32 Å². The second-order valence-corrected chi connectivity index (χ2v) is 4.57. The Labute approximate surface area is 118 Å². The fourth-order valence-electron chi connectivity index (χ4n) is 1.98. The molecule has 0 spiro atoms. The Morgan fingerprint density at radius 3 is 2.58 bits per heavy atom. The van der Waals surface area contributed by atoms with Gasteiger partial charge in [-0.05, 0) is 37.8 Å². The van der Waals surface area contributed by atoms with Gasteiger partial charge >= 0.3 is 0 Å². The molecular weight excluding hydrogens is 264 g/mol. The maximum absolute atomic E-state index is 10.3. The van der Waals surface area contributed by atoms with Gasteiger partial charge in [-0.15, -0.1) is 0 Å². The van der Waals surface area contributed by atoms with Gasteiger partial charge in [-0.25, -0.2) is 0 Å². The summed E-state index contributed by atoms with van der Waals surface area (Å²) in [6, 6.07) is 2.19. The van der Waals surface area contributed by atoms with E-state index in [0.717, 1.165) is 32.1 Å². The Balaban J connectivity index is 2.35. The average molecular weight is 281 g/mol. The van der Waals surface area contributed by atoms with Crippen LogP contribution in [0.5, 0.6) is 0 Å². The predicted molar refractivity (Wildman–Crippen MR) is 74.2 cm³/mol. The van der Waals surface area contributed by atoms with E-state index in [4.69, 9.17) is 21.6 Å². The van der Waals surface area contributed by atoms with Crippen LogP contribution in [0.1, 0.15) is 25.7 Å². The van der Waals surface area contributed by atoms with Crippen molar-refractivity contribution in [1.29, 1.82) is 5.26 Å². The molecule has 0 aromatic carbocycles. The number of nitriles is 1. The molecule has 1 aliphatic carbocycles. The minimum atomic E-state index is 0.118. The van der Waals surface area contributed by atoms with Gasteiger partial charge in [0.1, 0.15) is 11.8 Å². The molecule has 0 unspecified atom stereocenters. The van der Waals surface area contributed by atoms with Crippen molar-refractivity contribution in [2.75, 3.05) is 0 Å². The predicted octanol–water partition coefficient (Wildman–Crippen LogP) is 2.78. The largest absolute Gasteiger partial charge is 0.491 e. The number of hydrogen-bond donors (Lipinski definition) is 1. The smallest absolute Gasteiger partial charge is 0.207 e. The second-order valence-electron chi connectivity index (χ2n) is 4.35. The van der Waals surface area contributed by atoms with Crippen LogP contribution in [-0.4, -0.2) is 18.6 Å². The number of nitrogens with zero attached hydrogens (tertiary/aromatic N) is 1. The number of ether oxygens (including phenoxy) is 1.